The van der Waals surface area contributed by atoms with Crippen LogP contribution in [0.5, 0.6) is 5.75 Å². The fourth-order valence-electron chi connectivity index (χ4n) is 4.55. The first-order valence-corrected chi connectivity index (χ1v) is 10.6. The molecular formula is C24H24N6O. The van der Waals surface area contributed by atoms with E-state index < -0.39 is 0 Å². The van der Waals surface area contributed by atoms with Gasteiger partial charge in [0.2, 0.25) is 0 Å². The van der Waals surface area contributed by atoms with Crippen LogP contribution in [0, 0.1) is 18.3 Å². The highest BCUT2D eigenvalue weighted by atomic mass is 16.5. The van der Waals surface area contributed by atoms with E-state index in [1.165, 1.54) is 5.56 Å². The number of nitriles is 1. The zero-order valence-corrected chi connectivity index (χ0v) is 18.0. The van der Waals surface area contributed by atoms with Gasteiger partial charge in [-0.3, -0.25) is 9.67 Å². The minimum absolute atomic E-state index is 0.118. The molecule has 1 aromatic carbocycles. The molecule has 0 saturated carbocycles. The van der Waals surface area contributed by atoms with E-state index in [4.69, 9.17) is 4.74 Å². The lowest BCUT2D eigenvalue weighted by Crippen LogP contribution is -2.19. The Labute approximate surface area is 180 Å². The van der Waals surface area contributed by atoms with Crippen molar-refractivity contribution in [2.75, 3.05) is 0 Å². The van der Waals surface area contributed by atoms with Crippen molar-refractivity contribution in [3.63, 3.8) is 0 Å². The number of aryl methyl sites for hydroxylation is 2. The maximum atomic E-state index is 9.45. The van der Waals surface area contributed by atoms with Gasteiger partial charge >= 0.3 is 0 Å². The summed E-state index contributed by atoms with van der Waals surface area (Å²) >= 11 is 0. The second kappa shape index (κ2) is 7.55. The third kappa shape index (κ3) is 3.25. The molecule has 156 valence electrons. The van der Waals surface area contributed by atoms with Crippen LogP contribution >= 0.6 is 0 Å². The van der Waals surface area contributed by atoms with Gasteiger partial charge in [0.1, 0.15) is 23.6 Å². The quantitative estimate of drug-likeness (QED) is 0.498. The van der Waals surface area contributed by atoms with Crippen molar-refractivity contribution in [2.45, 2.75) is 45.6 Å². The van der Waals surface area contributed by atoms with Crippen LogP contribution in [0.1, 0.15) is 53.8 Å². The molecule has 0 spiro atoms. The summed E-state index contributed by atoms with van der Waals surface area (Å²) in [6.07, 6.45) is 10.9. The van der Waals surface area contributed by atoms with E-state index in [1.54, 1.807) is 17.1 Å². The van der Waals surface area contributed by atoms with Gasteiger partial charge in [-0.2, -0.15) is 15.5 Å². The Hall–Kier alpha value is -3.66. The van der Waals surface area contributed by atoms with Gasteiger partial charge in [0, 0.05) is 24.7 Å². The first-order chi connectivity index (χ1) is 15.1. The van der Waals surface area contributed by atoms with E-state index in [1.807, 2.05) is 24.1 Å². The molecule has 4 aromatic rings. The van der Waals surface area contributed by atoms with E-state index in [2.05, 4.69) is 47.2 Å². The van der Waals surface area contributed by atoms with Gasteiger partial charge in [-0.15, -0.1) is 0 Å². The molecule has 0 saturated heterocycles. The highest BCUT2D eigenvalue weighted by molar-refractivity contribution is 5.83. The normalized spacial score (nSPS) is 15.6. The number of fused-ring (bicyclic) bond motifs is 2. The molecule has 0 bridgehead atoms. The third-order valence-corrected chi connectivity index (χ3v) is 6.07. The largest absolute Gasteiger partial charge is 0.484 e. The van der Waals surface area contributed by atoms with Gasteiger partial charge < -0.3 is 4.74 Å². The Bertz CT molecular complexity index is 1330. The topological polar surface area (TPSA) is 81.6 Å². The molecule has 0 aliphatic heterocycles. The van der Waals surface area contributed by atoms with Crippen LogP contribution in [0.2, 0.25) is 0 Å². The van der Waals surface area contributed by atoms with Crippen molar-refractivity contribution in [3.8, 4) is 17.5 Å². The maximum Gasteiger partial charge on any atom is 0.141 e. The van der Waals surface area contributed by atoms with E-state index in [0.29, 0.717) is 5.56 Å². The number of hydrogen-bond donors (Lipinski definition) is 0. The molecule has 0 fully saturated rings. The fourth-order valence-corrected chi connectivity index (χ4v) is 4.55. The summed E-state index contributed by atoms with van der Waals surface area (Å²) in [5.74, 6) is 0.834. The molecule has 31 heavy (non-hydrogen) atoms. The molecule has 1 aliphatic carbocycles. The molecule has 0 radical (unpaired) electrons. The number of hydrogen-bond acceptors (Lipinski definition) is 5. The molecule has 1 unspecified atom stereocenters. The molecule has 3 aromatic heterocycles. The SMILES string of the molecule is CCc1c(C#N)cnc2c1CCCC2Oc1cc2c(cnn2-c2cnn(C)c2)cc1C. The van der Waals surface area contributed by atoms with Gasteiger partial charge in [-0.05, 0) is 55.4 Å². The average Bonchev–Trinajstić information content (AvgIpc) is 3.38. The predicted molar refractivity (Wildman–Crippen MR) is 117 cm³/mol. The number of pyridine rings is 1. The summed E-state index contributed by atoms with van der Waals surface area (Å²) in [6.45, 7) is 4.15. The fraction of sp³-hybridized carbons (Fsp3) is 0.333. The monoisotopic (exact) mass is 412 g/mol. The maximum absolute atomic E-state index is 9.45. The summed E-state index contributed by atoms with van der Waals surface area (Å²) in [5, 5.41) is 19.3. The zero-order valence-electron chi connectivity index (χ0n) is 18.0. The van der Waals surface area contributed by atoms with Crippen LogP contribution in [-0.4, -0.2) is 24.5 Å². The Kier molecular flexibility index (Phi) is 4.70. The summed E-state index contributed by atoms with van der Waals surface area (Å²) < 4.78 is 10.2. The number of benzene rings is 1. The zero-order chi connectivity index (χ0) is 21.5. The highest BCUT2D eigenvalue weighted by Gasteiger charge is 2.27. The van der Waals surface area contributed by atoms with Gasteiger partial charge in [-0.1, -0.05) is 6.92 Å². The van der Waals surface area contributed by atoms with Crippen LogP contribution in [0.25, 0.3) is 16.6 Å². The van der Waals surface area contributed by atoms with Crippen molar-refractivity contribution in [1.82, 2.24) is 24.5 Å². The Balaban J connectivity index is 1.55. The summed E-state index contributed by atoms with van der Waals surface area (Å²) in [6, 6.07) is 6.46. The number of nitrogens with zero attached hydrogens (tertiary/aromatic N) is 6. The molecule has 7 heteroatoms. The number of aromatic nitrogens is 5. The van der Waals surface area contributed by atoms with Crippen molar-refractivity contribution in [1.29, 1.82) is 5.26 Å². The van der Waals surface area contributed by atoms with Crippen molar-refractivity contribution in [3.05, 3.63) is 64.9 Å². The first kappa shape index (κ1) is 19.3. The smallest absolute Gasteiger partial charge is 0.141 e. The molecule has 1 atom stereocenters. The van der Waals surface area contributed by atoms with Crippen molar-refractivity contribution in [2.24, 2.45) is 7.05 Å². The second-order valence-electron chi connectivity index (χ2n) is 8.08. The lowest BCUT2D eigenvalue weighted by atomic mass is 9.87. The van der Waals surface area contributed by atoms with E-state index >= 15 is 0 Å². The van der Waals surface area contributed by atoms with Crippen LogP contribution in [0.3, 0.4) is 0 Å². The Morgan fingerprint density at radius 1 is 1.23 bits per heavy atom. The average molecular weight is 412 g/mol. The summed E-state index contributed by atoms with van der Waals surface area (Å²) in [7, 11) is 1.89. The van der Waals surface area contributed by atoms with Crippen molar-refractivity contribution >= 4 is 10.9 Å². The lowest BCUT2D eigenvalue weighted by molar-refractivity contribution is 0.177. The van der Waals surface area contributed by atoms with Crippen LogP contribution < -0.4 is 4.74 Å². The van der Waals surface area contributed by atoms with Gasteiger partial charge in [0.05, 0.1) is 35.4 Å². The lowest BCUT2D eigenvalue weighted by Gasteiger charge is -2.28. The minimum Gasteiger partial charge on any atom is -0.484 e. The first-order valence-electron chi connectivity index (χ1n) is 10.6. The van der Waals surface area contributed by atoms with Gasteiger partial charge in [-0.25, -0.2) is 4.68 Å². The molecule has 0 amide bonds. The van der Waals surface area contributed by atoms with Crippen LogP contribution in [-0.2, 0) is 19.9 Å². The summed E-state index contributed by atoms with van der Waals surface area (Å²) in [5.41, 5.74) is 6.91. The van der Waals surface area contributed by atoms with Crippen LogP contribution in [0.15, 0.2) is 36.9 Å². The van der Waals surface area contributed by atoms with E-state index in [0.717, 1.165) is 64.8 Å². The number of ether oxygens (including phenoxy) is 1. The molecule has 1 aliphatic rings. The highest BCUT2D eigenvalue weighted by Crippen LogP contribution is 2.37. The standard InChI is InChI=1S/C24H24N6O/c1-4-19-17(10-25)11-26-24-20(19)6-5-7-22(24)31-23-9-21-16(8-15(23)2)12-28-30(21)18-13-27-29(3)14-18/h8-9,11-14,22H,4-7H2,1-3H3. The number of rotatable bonds is 4. The predicted octanol–water partition coefficient (Wildman–Crippen LogP) is 4.35. The Morgan fingerprint density at radius 3 is 2.84 bits per heavy atom. The van der Waals surface area contributed by atoms with E-state index in [-0.39, 0.29) is 6.10 Å². The van der Waals surface area contributed by atoms with Crippen LogP contribution in [0.4, 0.5) is 0 Å². The minimum atomic E-state index is -0.118. The second-order valence-corrected chi connectivity index (χ2v) is 8.08. The Morgan fingerprint density at radius 2 is 2.10 bits per heavy atom. The van der Waals surface area contributed by atoms with Gasteiger partial charge in [0.15, 0.2) is 0 Å². The third-order valence-electron chi connectivity index (χ3n) is 6.07. The molecule has 0 N–H and O–H groups in total. The van der Waals surface area contributed by atoms with Gasteiger partial charge in [0.25, 0.3) is 0 Å². The molecule has 3 heterocycles. The van der Waals surface area contributed by atoms with E-state index in [9.17, 15) is 5.26 Å². The molecule has 7 nitrogen and oxygen atoms in total. The molecule has 5 rings (SSSR count). The van der Waals surface area contributed by atoms with Crippen molar-refractivity contribution < 1.29 is 4.74 Å². The molecular weight excluding hydrogens is 388 g/mol. The summed E-state index contributed by atoms with van der Waals surface area (Å²) in [4.78, 5) is 4.65.